The third-order valence-corrected chi connectivity index (χ3v) is 5.99. The summed E-state index contributed by atoms with van der Waals surface area (Å²) in [6.07, 6.45) is 6.80. The number of esters is 1. The van der Waals surface area contributed by atoms with Crippen molar-refractivity contribution in [1.82, 2.24) is 9.80 Å². The van der Waals surface area contributed by atoms with E-state index < -0.39 is 19.1 Å². The molecule has 3 amide bonds. The first-order chi connectivity index (χ1) is 13.9. The predicted octanol–water partition coefficient (Wildman–Crippen LogP) is 1.86. The molecule has 2 aliphatic rings. The van der Waals surface area contributed by atoms with Gasteiger partial charge in [-0.3, -0.25) is 24.1 Å². The lowest BCUT2D eigenvalue weighted by Crippen LogP contribution is -2.38. The van der Waals surface area contributed by atoms with Crippen molar-refractivity contribution < 1.29 is 23.9 Å². The van der Waals surface area contributed by atoms with Crippen LogP contribution in [0, 0.1) is 11.8 Å². The van der Waals surface area contributed by atoms with E-state index in [0.29, 0.717) is 19.4 Å². The Kier molecular flexibility index (Phi) is 6.74. The molecule has 8 heteroatoms. The van der Waals surface area contributed by atoms with Gasteiger partial charge < -0.3 is 9.64 Å². The molecule has 1 aliphatic heterocycles. The van der Waals surface area contributed by atoms with Crippen LogP contribution in [0.3, 0.4) is 0 Å². The first kappa shape index (κ1) is 21.1. The molecule has 0 saturated carbocycles. The second-order valence-corrected chi connectivity index (χ2v) is 8.06. The van der Waals surface area contributed by atoms with Crippen LogP contribution in [0.25, 0.3) is 0 Å². The topological polar surface area (TPSA) is 84.0 Å². The summed E-state index contributed by atoms with van der Waals surface area (Å²) in [5, 5.41) is 0. The Morgan fingerprint density at radius 1 is 1.10 bits per heavy atom. The molecule has 7 nitrogen and oxygen atoms in total. The highest BCUT2D eigenvalue weighted by atomic mass is 32.2. The molecule has 1 saturated heterocycles. The molecule has 2 atom stereocenters. The van der Waals surface area contributed by atoms with E-state index in [-0.39, 0.29) is 29.6 Å². The SMILES string of the molecule is CSc1ccc(CN(C)C(=O)COC(=O)CN2C(=O)[C@H]3CC=CC[C@H]3C2=O)cc1. The Bertz CT molecular complexity index is 810. The number of ether oxygens (including phenoxy) is 1. The molecule has 0 spiro atoms. The number of likely N-dealkylation sites (tertiary alicyclic amines) is 1. The normalized spacial score (nSPS) is 20.6. The number of fused-ring (bicyclic) bond motifs is 1. The first-order valence-electron chi connectivity index (χ1n) is 9.43. The summed E-state index contributed by atoms with van der Waals surface area (Å²) in [4.78, 5) is 52.6. The van der Waals surface area contributed by atoms with E-state index in [2.05, 4.69) is 0 Å². The molecular formula is C21H24N2O5S. The van der Waals surface area contributed by atoms with Crippen LogP contribution in [0.15, 0.2) is 41.3 Å². The highest BCUT2D eigenvalue weighted by Crippen LogP contribution is 2.34. The molecule has 1 fully saturated rings. The number of hydrogen-bond donors (Lipinski definition) is 0. The van der Waals surface area contributed by atoms with Crippen molar-refractivity contribution in [2.75, 3.05) is 26.5 Å². The van der Waals surface area contributed by atoms with Gasteiger partial charge in [0.2, 0.25) is 11.8 Å². The number of carbonyl (C=O) groups excluding carboxylic acids is 4. The minimum atomic E-state index is -0.760. The lowest BCUT2D eigenvalue weighted by atomic mass is 9.85. The van der Waals surface area contributed by atoms with E-state index in [4.69, 9.17) is 4.74 Å². The van der Waals surface area contributed by atoms with Crippen LogP contribution in [0.2, 0.25) is 0 Å². The predicted molar refractivity (Wildman–Crippen MR) is 108 cm³/mol. The van der Waals surface area contributed by atoms with Crippen LogP contribution in [-0.4, -0.2) is 59.9 Å². The van der Waals surface area contributed by atoms with Crippen LogP contribution in [0.4, 0.5) is 0 Å². The van der Waals surface area contributed by atoms with Crippen LogP contribution in [0.1, 0.15) is 18.4 Å². The Morgan fingerprint density at radius 2 is 1.69 bits per heavy atom. The molecule has 1 heterocycles. The summed E-state index contributed by atoms with van der Waals surface area (Å²) in [7, 11) is 1.63. The molecule has 0 bridgehead atoms. The zero-order valence-corrected chi connectivity index (χ0v) is 17.3. The van der Waals surface area contributed by atoms with Crippen LogP contribution in [-0.2, 0) is 30.5 Å². The Hall–Kier alpha value is -2.61. The Morgan fingerprint density at radius 3 is 2.24 bits per heavy atom. The minimum Gasteiger partial charge on any atom is -0.454 e. The Balaban J connectivity index is 1.46. The average Bonchev–Trinajstić information content (AvgIpc) is 2.97. The maximum absolute atomic E-state index is 12.4. The molecule has 1 aromatic carbocycles. The van der Waals surface area contributed by atoms with Crippen LogP contribution < -0.4 is 0 Å². The zero-order chi connectivity index (χ0) is 21.0. The largest absolute Gasteiger partial charge is 0.454 e. The number of likely N-dealkylation sites (N-methyl/N-ethyl adjacent to an activating group) is 1. The molecule has 0 radical (unpaired) electrons. The molecule has 1 aromatic rings. The van der Waals surface area contributed by atoms with Crippen molar-refractivity contribution >= 4 is 35.5 Å². The van der Waals surface area contributed by atoms with Crippen molar-refractivity contribution in [3.05, 3.63) is 42.0 Å². The van der Waals surface area contributed by atoms with Crippen LogP contribution in [0.5, 0.6) is 0 Å². The fourth-order valence-corrected chi connectivity index (χ4v) is 3.95. The van der Waals surface area contributed by atoms with Gasteiger partial charge in [-0.15, -0.1) is 11.8 Å². The number of benzene rings is 1. The van der Waals surface area contributed by atoms with Gasteiger partial charge in [0.05, 0.1) is 11.8 Å². The van der Waals surface area contributed by atoms with Gasteiger partial charge >= 0.3 is 5.97 Å². The van der Waals surface area contributed by atoms with Gasteiger partial charge in [0.1, 0.15) is 6.54 Å². The fraction of sp³-hybridized carbons (Fsp3) is 0.429. The highest BCUT2D eigenvalue weighted by Gasteiger charge is 2.47. The number of allylic oxidation sites excluding steroid dienone is 2. The molecule has 154 valence electrons. The van der Waals surface area contributed by atoms with E-state index in [1.165, 1.54) is 4.90 Å². The zero-order valence-electron chi connectivity index (χ0n) is 16.5. The highest BCUT2D eigenvalue weighted by molar-refractivity contribution is 7.98. The summed E-state index contributed by atoms with van der Waals surface area (Å²) in [5.74, 6) is -2.55. The lowest BCUT2D eigenvalue weighted by Gasteiger charge is -2.18. The van der Waals surface area contributed by atoms with Gasteiger partial charge in [0.15, 0.2) is 6.61 Å². The van der Waals surface area contributed by atoms with E-state index in [1.54, 1.807) is 18.8 Å². The summed E-state index contributed by atoms with van der Waals surface area (Å²) in [5.41, 5.74) is 0.967. The number of hydrogen-bond acceptors (Lipinski definition) is 6. The molecule has 29 heavy (non-hydrogen) atoms. The van der Waals surface area contributed by atoms with Crippen molar-refractivity contribution in [3.8, 4) is 0 Å². The van der Waals surface area contributed by atoms with Gasteiger partial charge in [0.25, 0.3) is 5.91 Å². The maximum Gasteiger partial charge on any atom is 0.326 e. The van der Waals surface area contributed by atoms with E-state index >= 15 is 0 Å². The fourth-order valence-electron chi connectivity index (χ4n) is 3.54. The summed E-state index contributed by atoms with van der Waals surface area (Å²) in [6.45, 7) is -0.481. The molecule has 3 rings (SSSR count). The molecule has 1 aliphatic carbocycles. The molecule has 0 unspecified atom stereocenters. The molecule has 0 N–H and O–H groups in total. The second-order valence-electron chi connectivity index (χ2n) is 7.18. The minimum absolute atomic E-state index is 0.335. The third kappa shape index (κ3) is 4.87. The van der Waals surface area contributed by atoms with Gasteiger partial charge in [0, 0.05) is 18.5 Å². The Labute approximate surface area is 174 Å². The van der Waals surface area contributed by atoms with E-state index in [1.807, 2.05) is 42.7 Å². The quantitative estimate of drug-likeness (QED) is 0.292. The van der Waals surface area contributed by atoms with Crippen molar-refractivity contribution in [2.45, 2.75) is 24.3 Å². The number of thioether (sulfide) groups is 1. The molecular weight excluding hydrogens is 392 g/mol. The van der Waals surface area contributed by atoms with Crippen LogP contribution >= 0.6 is 11.8 Å². The van der Waals surface area contributed by atoms with Gasteiger partial charge in [-0.05, 0) is 36.8 Å². The number of amides is 3. The summed E-state index contributed by atoms with van der Waals surface area (Å²) < 4.78 is 5.02. The smallest absolute Gasteiger partial charge is 0.326 e. The first-order valence-corrected chi connectivity index (χ1v) is 10.7. The summed E-state index contributed by atoms with van der Waals surface area (Å²) in [6, 6.07) is 7.85. The standard InChI is InChI=1S/C21H24N2O5S/c1-22(11-14-7-9-15(29-2)10-8-14)18(24)13-28-19(25)12-23-20(26)16-5-3-4-6-17(16)21(23)27/h3-4,7-10,16-17H,5-6,11-13H2,1-2H3/t16-,17+. The maximum atomic E-state index is 12.4. The van der Waals surface area contributed by atoms with Gasteiger partial charge in [-0.1, -0.05) is 24.3 Å². The molecule has 0 aromatic heterocycles. The average molecular weight is 416 g/mol. The van der Waals surface area contributed by atoms with Crippen molar-refractivity contribution in [3.63, 3.8) is 0 Å². The lowest BCUT2D eigenvalue weighted by molar-refractivity contribution is -0.156. The van der Waals surface area contributed by atoms with Crippen molar-refractivity contribution in [1.29, 1.82) is 0 Å². The van der Waals surface area contributed by atoms with Gasteiger partial charge in [-0.25, -0.2) is 0 Å². The summed E-state index contributed by atoms with van der Waals surface area (Å²) >= 11 is 1.64. The number of carbonyl (C=O) groups is 4. The van der Waals surface area contributed by atoms with E-state index in [9.17, 15) is 19.2 Å². The van der Waals surface area contributed by atoms with Gasteiger partial charge in [-0.2, -0.15) is 0 Å². The second kappa shape index (κ2) is 9.26. The number of imide groups is 1. The third-order valence-electron chi connectivity index (χ3n) is 5.25. The number of nitrogens with zero attached hydrogens (tertiary/aromatic N) is 2. The van der Waals surface area contributed by atoms with E-state index in [0.717, 1.165) is 15.4 Å². The monoisotopic (exact) mass is 416 g/mol. The number of rotatable bonds is 7. The van der Waals surface area contributed by atoms with Crippen molar-refractivity contribution in [2.24, 2.45) is 11.8 Å².